The molecule has 2 nitrogen and oxygen atoms in total. The van der Waals surface area contributed by atoms with Crippen LogP contribution >= 0.6 is 0 Å². The van der Waals surface area contributed by atoms with Gasteiger partial charge in [-0.3, -0.25) is 0 Å². The minimum absolute atomic E-state index is 0.233. The Bertz CT molecular complexity index is 499. The summed E-state index contributed by atoms with van der Waals surface area (Å²) in [7, 11) is 0. The Balaban J connectivity index is 2.36. The van der Waals surface area contributed by atoms with Crippen molar-refractivity contribution in [3.05, 3.63) is 30.0 Å². The van der Waals surface area contributed by atoms with Crippen molar-refractivity contribution < 1.29 is 22.3 Å². The van der Waals surface area contributed by atoms with E-state index in [4.69, 9.17) is 4.42 Å². The molecule has 0 radical (unpaired) electrons. The van der Waals surface area contributed by atoms with Gasteiger partial charge in [0.05, 0.1) is 0 Å². The van der Waals surface area contributed by atoms with Crippen LogP contribution < -0.4 is 4.74 Å². The van der Waals surface area contributed by atoms with Crippen molar-refractivity contribution in [2.24, 2.45) is 0 Å². The predicted octanol–water partition coefficient (Wildman–Crippen LogP) is 3.89. The number of ether oxygens (including phenoxy) is 1. The summed E-state index contributed by atoms with van der Waals surface area (Å²) in [6, 6.07) is 5.72. The molecule has 0 unspecified atom stereocenters. The van der Waals surface area contributed by atoms with Crippen LogP contribution in [0.2, 0.25) is 0 Å². The average Bonchev–Trinajstić information content (AvgIpc) is 2.57. The van der Waals surface area contributed by atoms with Crippen LogP contribution in [0.5, 0.6) is 5.75 Å². The van der Waals surface area contributed by atoms with Gasteiger partial charge < -0.3 is 9.15 Å². The van der Waals surface area contributed by atoms with Crippen LogP contribution in [-0.2, 0) is 6.42 Å². The van der Waals surface area contributed by atoms with Gasteiger partial charge in [0.1, 0.15) is 17.1 Å². The molecule has 16 heavy (non-hydrogen) atoms. The van der Waals surface area contributed by atoms with E-state index >= 15 is 0 Å². The third-order valence-electron chi connectivity index (χ3n) is 2.12. The molecule has 1 heterocycles. The number of furan rings is 1. The van der Waals surface area contributed by atoms with Gasteiger partial charge in [-0.2, -0.15) is 0 Å². The number of hydrogen-bond acceptors (Lipinski definition) is 2. The van der Waals surface area contributed by atoms with Crippen LogP contribution in [0.1, 0.15) is 12.7 Å². The minimum Gasteiger partial charge on any atom is -0.461 e. The lowest BCUT2D eigenvalue weighted by molar-refractivity contribution is -0.274. The molecule has 0 aliphatic carbocycles. The normalized spacial score (nSPS) is 12.0. The molecule has 0 fully saturated rings. The van der Waals surface area contributed by atoms with Gasteiger partial charge in [0.25, 0.3) is 0 Å². The number of hydrogen-bond donors (Lipinski definition) is 0. The largest absolute Gasteiger partial charge is 0.573 e. The molecular formula is C11H9F3O2. The molecule has 0 saturated heterocycles. The molecule has 0 bridgehead atoms. The average molecular weight is 230 g/mol. The number of aryl methyl sites for hydroxylation is 1. The summed E-state index contributed by atoms with van der Waals surface area (Å²) in [5, 5.41) is 0.610. The van der Waals surface area contributed by atoms with Gasteiger partial charge >= 0.3 is 6.36 Å². The van der Waals surface area contributed by atoms with Gasteiger partial charge in [0.15, 0.2) is 0 Å². The molecule has 0 saturated carbocycles. The topological polar surface area (TPSA) is 22.4 Å². The third kappa shape index (κ3) is 2.29. The first-order valence-corrected chi connectivity index (χ1v) is 4.76. The molecule has 0 amide bonds. The zero-order chi connectivity index (χ0) is 11.8. The van der Waals surface area contributed by atoms with E-state index in [-0.39, 0.29) is 5.75 Å². The lowest BCUT2D eigenvalue weighted by Crippen LogP contribution is -2.16. The molecule has 1 aromatic carbocycles. The fraction of sp³-hybridized carbons (Fsp3) is 0.273. The quantitative estimate of drug-likeness (QED) is 0.780. The Hall–Kier alpha value is -1.65. The minimum atomic E-state index is -4.66. The zero-order valence-corrected chi connectivity index (χ0v) is 8.47. The molecular weight excluding hydrogens is 221 g/mol. The van der Waals surface area contributed by atoms with E-state index < -0.39 is 6.36 Å². The van der Waals surface area contributed by atoms with Crippen molar-refractivity contribution >= 4 is 11.0 Å². The highest BCUT2D eigenvalue weighted by atomic mass is 19.4. The molecule has 86 valence electrons. The zero-order valence-electron chi connectivity index (χ0n) is 8.47. The Morgan fingerprint density at radius 2 is 2.00 bits per heavy atom. The summed E-state index contributed by atoms with van der Waals surface area (Å²) < 4.78 is 45.1. The lowest BCUT2D eigenvalue weighted by Gasteiger charge is -2.07. The Morgan fingerprint density at radius 3 is 2.62 bits per heavy atom. The van der Waals surface area contributed by atoms with Crippen LogP contribution in [0.25, 0.3) is 11.0 Å². The molecule has 1 aromatic heterocycles. The monoisotopic (exact) mass is 230 g/mol. The maximum atomic E-state index is 12.0. The van der Waals surface area contributed by atoms with Gasteiger partial charge in [-0.15, -0.1) is 13.2 Å². The van der Waals surface area contributed by atoms with E-state index in [1.165, 1.54) is 18.2 Å². The summed E-state index contributed by atoms with van der Waals surface area (Å²) in [6.45, 7) is 1.91. The van der Waals surface area contributed by atoms with Gasteiger partial charge in [0.2, 0.25) is 0 Å². The van der Waals surface area contributed by atoms with Crippen LogP contribution in [-0.4, -0.2) is 6.36 Å². The summed E-state index contributed by atoms with van der Waals surface area (Å²) in [6.07, 6.45) is -3.96. The summed E-state index contributed by atoms with van der Waals surface area (Å²) >= 11 is 0. The first-order chi connectivity index (χ1) is 7.48. The fourth-order valence-electron chi connectivity index (χ4n) is 1.45. The summed E-state index contributed by atoms with van der Waals surface area (Å²) in [5.41, 5.74) is 0.561. The number of halogens is 3. The van der Waals surface area contributed by atoms with Crippen LogP contribution in [0.4, 0.5) is 13.2 Å². The molecule has 0 spiro atoms. The Labute approximate surface area is 89.6 Å². The van der Waals surface area contributed by atoms with E-state index in [0.29, 0.717) is 17.4 Å². The molecule has 0 N–H and O–H groups in total. The first kappa shape index (κ1) is 10.9. The Kier molecular flexibility index (Phi) is 2.53. The second-order valence-electron chi connectivity index (χ2n) is 3.31. The predicted molar refractivity (Wildman–Crippen MR) is 52.3 cm³/mol. The smallest absolute Gasteiger partial charge is 0.461 e. The van der Waals surface area contributed by atoms with Gasteiger partial charge in [-0.05, 0) is 24.3 Å². The van der Waals surface area contributed by atoms with E-state index in [9.17, 15) is 13.2 Å². The number of rotatable bonds is 2. The van der Waals surface area contributed by atoms with Gasteiger partial charge in [-0.25, -0.2) is 0 Å². The molecule has 2 rings (SSSR count). The van der Waals surface area contributed by atoms with E-state index in [1.807, 2.05) is 6.92 Å². The summed E-state index contributed by atoms with van der Waals surface area (Å²) in [4.78, 5) is 0. The maximum absolute atomic E-state index is 12.0. The van der Waals surface area contributed by atoms with Crippen molar-refractivity contribution in [2.75, 3.05) is 0 Å². The maximum Gasteiger partial charge on any atom is 0.573 e. The van der Waals surface area contributed by atoms with Crippen molar-refractivity contribution in [1.29, 1.82) is 0 Å². The second kappa shape index (κ2) is 3.73. The molecule has 0 aliphatic heterocycles. The second-order valence-corrected chi connectivity index (χ2v) is 3.31. The molecule has 0 aliphatic rings. The fourth-order valence-corrected chi connectivity index (χ4v) is 1.45. The van der Waals surface area contributed by atoms with E-state index in [1.54, 1.807) is 6.07 Å². The standard InChI is InChI=1S/C11H9F3O2/c1-2-8-5-7-6-9(16-11(12,13)14)3-4-10(7)15-8/h3-6H,2H2,1H3. The van der Waals surface area contributed by atoms with E-state index in [2.05, 4.69) is 4.74 Å². The van der Waals surface area contributed by atoms with Crippen LogP contribution in [0.15, 0.2) is 28.7 Å². The van der Waals surface area contributed by atoms with Crippen molar-refractivity contribution in [1.82, 2.24) is 0 Å². The SMILES string of the molecule is CCc1cc2cc(OC(F)(F)F)ccc2o1. The van der Waals surface area contributed by atoms with Gasteiger partial charge in [-0.1, -0.05) is 6.92 Å². The highest BCUT2D eigenvalue weighted by molar-refractivity contribution is 5.79. The highest BCUT2D eigenvalue weighted by Crippen LogP contribution is 2.28. The van der Waals surface area contributed by atoms with Gasteiger partial charge in [0, 0.05) is 11.8 Å². The van der Waals surface area contributed by atoms with Crippen LogP contribution in [0, 0.1) is 0 Å². The molecule has 2 aromatic rings. The van der Waals surface area contributed by atoms with Crippen molar-refractivity contribution in [3.63, 3.8) is 0 Å². The van der Waals surface area contributed by atoms with Crippen molar-refractivity contribution in [3.8, 4) is 5.75 Å². The molecule has 5 heteroatoms. The van der Waals surface area contributed by atoms with Crippen LogP contribution in [0.3, 0.4) is 0 Å². The third-order valence-corrected chi connectivity index (χ3v) is 2.12. The van der Waals surface area contributed by atoms with Crippen molar-refractivity contribution in [2.45, 2.75) is 19.7 Å². The number of fused-ring (bicyclic) bond motifs is 1. The summed E-state index contributed by atoms with van der Waals surface area (Å²) in [5.74, 6) is 0.502. The van der Waals surface area contributed by atoms with E-state index in [0.717, 1.165) is 5.76 Å². The highest BCUT2D eigenvalue weighted by Gasteiger charge is 2.31. The Morgan fingerprint density at radius 1 is 1.25 bits per heavy atom. The molecule has 0 atom stereocenters. The first-order valence-electron chi connectivity index (χ1n) is 4.76. The number of alkyl halides is 3. The number of benzene rings is 1. The lowest BCUT2D eigenvalue weighted by atomic mass is 10.2.